The highest BCUT2D eigenvalue weighted by Crippen LogP contribution is 2.29. The molecule has 0 unspecified atom stereocenters. The van der Waals surface area contributed by atoms with Gasteiger partial charge in [0, 0.05) is 11.6 Å². The van der Waals surface area contributed by atoms with E-state index >= 15 is 0 Å². The van der Waals surface area contributed by atoms with Crippen molar-refractivity contribution in [3.63, 3.8) is 0 Å². The molecular weight excluding hydrogens is 289 g/mol. The number of benzene rings is 2. The molecule has 0 amide bonds. The highest BCUT2D eigenvalue weighted by Gasteiger charge is 2.11. The Hall–Kier alpha value is -1.18. The van der Waals surface area contributed by atoms with Crippen LogP contribution in [-0.2, 0) is 19.4 Å². The Morgan fingerprint density at radius 3 is 2.65 bits per heavy atom. The molecule has 3 heteroatoms. The van der Waals surface area contributed by atoms with Gasteiger partial charge in [-0.1, -0.05) is 41.4 Å². The van der Waals surface area contributed by atoms with Crippen LogP contribution in [0.2, 0.25) is 10.0 Å². The van der Waals surface area contributed by atoms with Gasteiger partial charge in [-0.05, 0) is 60.6 Å². The number of hydrogen-bond donors (Lipinski definition) is 1. The van der Waals surface area contributed by atoms with Crippen molar-refractivity contribution in [2.75, 3.05) is 5.32 Å². The van der Waals surface area contributed by atoms with Gasteiger partial charge in [0.05, 0.1) is 10.7 Å². The summed E-state index contributed by atoms with van der Waals surface area (Å²) >= 11 is 12.4. The van der Waals surface area contributed by atoms with Gasteiger partial charge in [-0.3, -0.25) is 0 Å². The van der Waals surface area contributed by atoms with Gasteiger partial charge in [-0.25, -0.2) is 0 Å². The Bertz CT molecular complexity index is 650. The molecule has 2 aromatic carbocycles. The maximum Gasteiger partial charge on any atom is 0.0641 e. The normalized spacial score (nSPS) is 13.3. The molecule has 3 rings (SSSR count). The topological polar surface area (TPSA) is 12.0 Å². The minimum Gasteiger partial charge on any atom is -0.380 e. The monoisotopic (exact) mass is 305 g/mol. The molecular formula is C17H17Cl2N. The lowest BCUT2D eigenvalue weighted by molar-refractivity contribution is 0.911. The SMILES string of the molecule is Cc1cc(Cl)c(NCc2ccc3c(c2)CCC3)cc1Cl. The van der Waals surface area contributed by atoms with Crippen LogP contribution in [0.4, 0.5) is 5.69 Å². The maximum atomic E-state index is 6.24. The van der Waals surface area contributed by atoms with Crippen molar-refractivity contribution in [3.05, 3.63) is 62.6 Å². The van der Waals surface area contributed by atoms with Gasteiger partial charge in [0.15, 0.2) is 0 Å². The third kappa shape index (κ3) is 2.79. The van der Waals surface area contributed by atoms with E-state index in [0.29, 0.717) is 5.02 Å². The van der Waals surface area contributed by atoms with Crippen LogP contribution in [0.3, 0.4) is 0 Å². The summed E-state index contributed by atoms with van der Waals surface area (Å²) in [6.45, 7) is 2.73. The van der Waals surface area contributed by atoms with Gasteiger partial charge >= 0.3 is 0 Å². The van der Waals surface area contributed by atoms with Gasteiger partial charge in [-0.15, -0.1) is 0 Å². The first-order valence-electron chi connectivity index (χ1n) is 6.93. The molecule has 1 nitrogen and oxygen atoms in total. The Labute approximate surface area is 129 Å². The molecule has 0 aliphatic heterocycles. The van der Waals surface area contributed by atoms with Crippen molar-refractivity contribution in [3.8, 4) is 0 Å². The molecule has 0 atom stereocenters. The van der Waals surface area contributed by atoms with E-state index in [1.54, 1.807) is 0 Å². The maximum absolute atomic E-state index is 6.24. The summed E-state index contributed by atoms with van der Waals surface area (Å²) in [6, 6.07) is 10.5. The second-order valence-electron chi connectivity index (χ2n) is 5.39. The average molecular weight is 306 g/mol. The van der Waals surface area contributed by atoms with Crippen LogP contribution in [0.25, 0.3) is 0 Å². The largest absolute Gasteiger partial charge is 0.380 e. The van der Waals surface area contributed by atoms with E-state index < -0.39 is 0 Å². The number of aryl methyl sites for hydroxylation is 3. The first-order valence-corrected chi connectivity index (χ1v) is 7.69. The molecule has 2 aromatic rings. The molecule has 0 saturated heterocycles. The lowest BCUT2D eigenvalue weighted by atomic mass is 10.1. The Morgan fingerprint density at radius 2 is 1.80 bits per heavy atom. The minimum atomic E-state index is 0.716. The fourth-order valence-electron chi connectivity index (χ4n) is 2.71. The number of nitrogens with one attached hydrogen (secondary N) is 1. The van der Waals surface area contributed by atoms with E-state index in [1.165, 1.54) is 36.0 Å². The Balaban J connectivity index is 1.75. The van der Waals surface area contributed by atoms with Crippen LogP contribution in [0.1, 0.15) is 28.7 Å². The van der Waals surface area contributed by atoms with Crippen molar-refractivity contribution >= 4 is 28.9 Å². The van der Waals surface area contributed by atoms with Gasteiger partial charge in [0.25, 0.3) is 0 Å². The van der Waals surface area contributed by atoms with Gasteiger partial charge in [0.2, 0.25) is 0 Å². The molecule has 0 spiro atoms. The summed E-state index contributed by atoms with van der Waals surface area (Å²) in [5.74, 6) is 0. The standard InChI is InChI=1S/C17H17Cl2N/c1-11-7-16(19)17(9-15(11)18)20-10-12-5-6-13-3-2-4-14(13)8-12/h5-9,20H,2-4,10H2,1H3. The summed E-state index contributed by atoms with van der Waals surface area (Å²) in [5.41, 5.74) is 6.18. The number of hydrogen-bond acceptors (Lipinski definition) is 1. The van der Waals surface area contributed by atoms with Gasteiger partial charge in [0.1, 0.15) is 0 Å². The third-order valence-corrected chi connectivity index (χ3v) is 4.61. The molecule has 0 heterocycles. The Morgan fingerprint density at radius 1 is 1.00 bits per heavy atom. The van der Waals surface area contributed by atoms with Crippen molar-refractivity contribution in [2.45, 2.75) is 32.7 Å². The smallest absolute Gasteiger partial charge is 0.0641 e. The van der Waals surface area contributed by atoms with E-state index in [-0.39, 0.29) is 0 Å². The van der Waals surface area contributed by atoms with Crippen molar-refractivity contribution in [2.24, 2.45) is 0 Å². The fraction of sp³-hybridized carbons (Fsp3) is 0.294. The van der Waals surface area contributed by atoms with Crippen LogP contribution in [0, 0.1) is 6.92 Å². The first-order chi connectivity index (χ1) is 9.63. The molecule has 1 aliphatic carbocycles. The zero-order valence-electron chi connectivity index (χ0n) is 11.5. The van der Waals surface area contributed by atoms with E-state index in [0.717, 1.165) is 22.8 Å². The summed E-state index contributed by atoms with van der Waals surface area (Å²) in [6.07, 6.45) is 3.72. The molecule has 20 heavy (non-hydrogen) atoms. The highest BCUT2D eigenvalue weighted by atomic mass is 35.5. The van der Waals surface area contributed by atoms with Crippen molar-refractivity contribution in [1.82, 2.24) is 0 Å². The summed E-state index contributed by atoms with van der Waals surface area (Å²) in [4.78, 5) is 0. The van der Waals surface area contributed by atoms with Crippen LogP contribution in [0.15, 0.2) is 30.3 Å². The van der Waals surface area contributed by atoms with Crippen LogP contribution in [0.5, 0.6) is 0 Å². The van der Waals surface area contributed by atoms with Crippen molar-refractivity contribution in [1.29, 1.82) is 0 Å². The fourth-order valence-corrected chi connectivity index (χ4v) is 3.16. The number of rotatable bonds is 3. The molecule has 0 fully saturated rings. The first kappa shape index (κ1) is 13.8. The molecule has 0 bridgehead atoms. The molecule has 0 aromatic heterocycles. The second-order valence-corrected chi connectivity index (χ2v) is 6.21. The summed E-state index contributed by atoms with van der Waals surface area (Å²) in [7, 11) is 0. The summed E-state index contributed by atoms with van der Waals surface area (Å²) < 4.78 is 0. The lowest BCUT2D eigenvalue weighted by Gasteiger charge is -2.11. The summed E-state index contributed by atoms with van der Waals surface area (Å²) in [5, 5.41) is 4.83. The quantitative estimate of drug-likeness (QED) is 0.800. The van der Waals surface area contributed by atoms with E-state index in [9.17, 15) is 0 Å². The van der Waals surface area contributed by atoms with Crippen LogP contribution >= 0.6 is 23.2 Å². The lowest BCUT2D eigenvalue weighted by Crippen LogP contribution is -2.01. The Kier molecular flexibility index (Phi) is 3.91. The van der Waals surface area contributed by atoms with E-state index in [4.69, 9.17) is 23.2 Å². The average Bonchev–Trinajstić information content (AvgIpc) is 2.89. The minimum absolute atomic E-state index is 0.716. The predicted octanol–water partition coefficient (Wildman–Crippen LogP) is 5.40. The van der Waals surface area contributed by atoms with Crippen LogP contribution in [-0.4, -0.2) is 0 Å². The highest BCUT2D eigenvalue weighted by molar-refractivity contribution is 6.35. The third-order valence-electron chi connectivity index (χ3n) is 3.89. The zero-order valence-corrected chi connectivity index (χ0v) is 13.0. The molecule has 1 aliphatic rings. The second kappa shape index (κ2) is 5.67. The number of fused-ring (bicyclic) bond motifs is 1. The molecule has 1 N–H and O–H groups in total. The van der Waals surface area contributed by atoms with E-state index in [1.807, 2.05) is 19.1 Å². The molecule has 0 saturated carbocycles. The van der Waals surface area contributed by atoms with Crippen LogP contribution < -0.4 is 5.32 Å². The predicted molar refractivity (Wildman–Crippen MR) is 87.0 cm³/mol. The van der Waals surface area contributed by atoms with Crippen molar-refractivity contribution < 1.29 is 0 Å². The number of halogens is 2. The molecule has 104 valence electrons. The van der Waals surface area contributed by atoms with Gasteiger partial charge < -0.3 is 5.32 Å². The molecule has 0 radical (unpaired) electrons. The zero-order chi connectivity index (χ0) is 14.1. The van der Waals surface area contributed by atoms with Gasteiger partial charge in [-0.2, -0.15) is 0 Å². The van der Waals surface area contributed by atoms with E-state index in [2.05, 4.69) is 23.5 Å². The number of anilines is 1.